The summed E-state index contributed by atoms with van der Waals surface area (Å²) >= 11 is 0. The molecule has 4 aromatic rings. The maximum absolute atomic E-state index is 11.8. The maximum atomic E-state index is 11.8. The van der Waals surface area contributed by atoms with Crippen molar-refractivity contribution in [1.29, 1.82) is 0 Å². The lowest BCUT2D eigenvalue weighted by Crippen LogP contribution is -2.25. The Hall–Kier alpha value is -4.86. The van der Waals surface area contributed by atoms with Crippen molar-refractivity contribution < 1.29 is 29.5 Å². The minimum absolute atomic E-state index is 0.0884. The van der Waals surface area contributed by atoms with Gasteiger partial charge in [0.1, 0.15) is 18.1 Å². The predicted octanol–water partition coefficient (Wildman–Crippen LogP) is 3.11. The summed E-state index contributed by atoms with van der Waals surface area (Å²) in [7, 11) is 2.87. The highest BCUT2D eigenvalue weighted by molar-refractivity contribution is 5.88. The molecule has 4 rings (SSSR count). The molecule has 0 unspecified atom stereocenters. The van der Waals surface area contributed by atoms with Gasteiger partial charge >= 0.3 is 5.69 Å². The average molecular weight is 478 g/mol. The first-order valence-corrected chi connectivity index (χ1v) is 10.4. The van der Waals surface area contributed by atoms with Crippen molar-refractivity contribution >= 4 is 0 Å². The summed E-state index contributed by atoms with van der Waals surface area (Å²) < 4.78 is 16.5. The summed E-state index contributed by atoms with van der Waals surface area (Å²) in [6.45, 7) is -0.192. The molecular formula is C25H22N2O8. The van der Waals surface area contributed by atoms with Gasteiger partial charge in [0.05, 0.1) is 25.3 Å². The topological polar surface area (TPSA) is 154 Å². The van der Waals surface area contributed by atoms with E-state index in [1.54, 1.807) is 24.3 Å². The van der Waals surface area contributed by atoms with Gasteiger partial charge in [0.25, 0.3) is 5.56 Å². The second kappa shape index (κ2) is 9.56. The summed E-state index contributed by atoms with van der Waals surface area (Å²) in [5.41, 5.74) is 0.867. The first-order chi connectivity index (χ1) is 16.8. The number of H-pyrrole nitrogens is 2. The molecule has 0 aliphatic rings. The van der Waals surface area contributed by atoms with E-state index in [2.05, 4.69) is 9.97 Å². The highest BCUT2D eigenvalue weighted by Crippen LogP contribution is 2.50. The van der Waals surface area contributed by atoms with Crippen LogP contribution in [-0.2, 0) is 6.61 Å². The lowest BCUT2D eigenvalue weighted by atomic mass is 9.96. The molecule has 0 fully saturated rings. The fraction of sp³-hybridized carbons (Fsp3) is 0.120. The molecule has 0 saturated carbocycles. The number of phenols is 3. The molecule has 35 heavy (non-hydrogen) atoms. The Morgan fingerprint density at radius 2 is 1.57 bits per heavy atom. The number of ether oxygens (including phenoxy) is 3. The quantitative estimate of drug-likeness (QED) is 0.271. The lowest BCUT2D eigenvalue weighted by Gasteiger charge is -2.18. The third-order valence-electron chi connectivity index (χ3n) is 5.35. The molecule has 0 amide bonds. The third kappa shape index (κ3) is 4.62. The largest absolute Gasteiger partial charge is 0.508 e. The van der Waals surface area contributed by atoms with Gasteiger partial charge in [-0.05, 0) is 41.5 Å². The number of nitrogens with one attached hydrogen (secondary N) is 2. The molecule has 5 N–H and O–H groups in total. The van der Waals surface area contributed by atoms with E-state index in [1.165, 1.54) is 44.7 Å². The van der Waals surface area contributed by atoms with Crippen molar-refractivity contribution in [3.05, 3.63) is 81.1 Å². The van der Waals surface area contributed by atoms with E-state index in [0.29, 0.717) is 22.4 Å². The molecule has 0 aliphatic carbocycles. The number of phenolic OH excluding ortho intramolecular Hbond substituents is 3. The highest BCUT2D eigenvalue weighted by atomic mass is 16.5. The second-order valence-corrected chi connectivity index (χ2v) is 7.50. The van der Waals surface area contributed by atoms with Gasteiger partial charge in [-0.1, -0.05) is 18.2 Å². The molecule has 0 aliphatic heterocycles. The van der Waals surface area contributed by atoms with Gasteiger partial charge in [-0.25, -0.2) is 4.79 Å². The second-order valence-electron chi connectivity index (χ2n) is 7.50. The van der Waals surface area contributed by atoms with Gasteiger partial charge < -0.3 is 34.5 Å². The Balaban J connectivity index is 1.71. The number of methoxy groups -OCH3 is 2. The molecule has 3 aromatic carbocycles. The Morgan fingerprint density at radius 1 is 0.857 bits per heavy atom. The number of aromatic amines is 2. The number of hydrogen-bond acceptors (Lipinski definition) is 8. The fourth-order valence-corrected chi connectivity index (χ4v) is 3.62. The zero-order chi connectivity index (χ0) is 25.1. The normalized spacial score (nSPS) is 10.7. The molecule has 1 heterocycles. The maximum Gasteiger partial charge on any atom is 0.325 e. The Kier molecular flexibility index (Phi) is 6.36. The summed E-state index contributed by atoms with van der Waals surface area (Å²) in [6.07, 6.45) is 1.23. The van der Waals surface area contributed by atoms with Crippen molar-refractivity contribution in [2.75, 3.05) is 14.2 Å². The highest BCUT2D eigenvalue weighted by Gasteiger charge is 2.22. The van der Waals surface area contributed by atoms with Crippen LogP contribution in [0.15, 0.2) is 64.3 Å². The van der Waals surface area contributed by atoms with Gasteiger partial charge in [-0.2, -0.15) is 0 Å². The third-order valence-corrected chi connectivity index (χ3v) is 5.35. The van der Waals surface area contributed by atoms with Crippen LogP contribution in [0.25, 0.3) is 22.3 Å². The van der Waals surface area contributed by atoms with E-state index >= 15 is 0 Å². The fourth-order valence-electron chi connectivity index (χ4n) is 3.62. The van der Waals surface area contributed by atoms with Gasteiger partial charge in [0.15, 0.2) is 23.0 Å². The number of aromatic nitrogens is 2. The molecule has 180 valence electrons. The van der Waals surface area contributed by atoms with Crippen LogP contribution in [0.3, 0.4) is 0 Å². The van der Waals surface area contributed by atoms with Crippen LogP contribution < -0.4 is 25.5 Å². The Morgan fingerprint density at radius 3 is 2.20 bits per heavy atom. The molecular weight excluding hydrogens is 456 g/mol. The summed E-state index contributed by atoms with van der Waals surface area (Å²) in [6, 6.07) is 12.5. The summed E-state index contributed by atoms with van der Waals surface area (Å²) in [4.78, 5) is 27.4. The molecule has 10 nitrogen and oxygen atoms in total. The van der Waals surface area contributed by atoms with Crippen molar-refractivity contribution in [2.24, 2.45) is 0 Å². The van der Waals surface area contributed by atoms with Crippen molar-refractivity contribution in [3.63, 3.8) is 0 Å². The summed E-state index contributed by atoms with van der Waals surface area (Å²) in [5, 5.41) is 31.2. The van der Waals surface area contributed by atoms with Crippen LogP contribution in [0.4, 0.5) is 0 Å². The monoisotopic (exact) mass is 478 g/mol. The zero-order valence-electron chi connectivity index (χ0n) is 18.8. The molecule has 10 heteroatoms. The number of benzene rings is 3. The minimum Gasteiger partial charge on any atom is -0.508 e. The minimum atomic E-state index is -0.633. The van der Waals surface area contributed by atoms with Crippen LogP contribution in [0.2, 0.25) is 0 Å². The van der Waals surface area contributed by atoms with Gasteiger partial charge in [0.2, 0.25) is 0 Å². The lowest BCUT2D eigenvalue weighted by molar-refractivity contribution is 0.287. The number of hydrogen-bond donors (Lipinski definition) is 5. The molecule has 0 spiro atoms. The molecule has 0 atom stereocenters. The van der Waals surface area contributed by atoms with E-state index in [0.717, 1.165) is 0 Å². The number of aromatic hydroxyl groups is 3. The van der Waals surface area contributed by atoms with Crippen LogP contribution in [0.5, 0.6) is 34.5 Å². The van der Waals surface area contributed by atoms with Crippen LogP contribution in [0.1, 0.15) is 5.56 Å². The van der Waals surface area contributed by atoms with E-state index in [1.807, 2.05) is 0 Å². The van der Waals surface area contributed by atoms with Crippen molar-refractivity contribution in [1.82, 2.24) is 9.97 Å². The molecule has 0 saturated heterocycles. The Bertz CT molecular complexity index is 1490. The zero-order valence-corrected chi connectivity index (χ0v) is 18.8. The smallest absolute Gasteiger partial charge is 0.325 e. The average Bonchev–Trinajstić information content (AvgIpc) is 2.84. The SMILES string of the molecule is COc1cc(-c2ccc(O)cc2)c(OC)c(O)c1-c1ccc(OCc2c[nH]c(=O)[nH]c2=O)c(O)c1. The predicted molar refractivity (Wildman–Crippen MR) is 127 cm³/mol. The van der Waals surface area contributed by atoms with Gasteiger partial charge in [0, 0.05) is 11.8 Å². The molecule has 0 bridgehead atoms. The first-order valence-electron chi connectivity index (χ1n) is 10.4. The molecule has 0 radical (unpaired) electrons. The Labute approximate surface area is 198 Å². The summed E-state index contributed by atoms with van der Waals surface area (Å²) in [5.74, 6) is 0.242. The van der Waals surface area contributed by atoms with E-state index in [9.17, 15) is 24.9 Å². The van der Waals surface area contributed by atoms with E-state index < -0.39 is 11.2 Å². The van der Waals surface area contributed by atoms with Crippen LogP contribution in [-0.4, -0.2) is 39.5 Å². The first kappa shape index (κ1) is 23.3. The standard InChI is InChI=1S/C25H22N2O8/c1-33-20-10-17(13-3-6-16(28)7-4-13)23(34-2)22(30)21(20)14-5-8-19(18(29)9-14)35-12-15-11-26-25(32)27-24(15)31/h3-11,28-30H,12H2,1-2H3,(H2,26,27,31,32). The molecule has 1 aromatic heterocycles. The van der Waals surface area contributed by atoms with E-state index in [4.69, 9.17) is 14.2 Å². The van der Waals surface area contributed by atoms with Crippen LogP contribution >= 0.6 is 0 Å². The van der Waals surface area contributed by atoms with Gasteiger partial charge in [-0.3, -0.25) is 9.78 Å². The van der Waals surface area contributed by atoms with Gasteiger partial charge in [-0.15, -0.1) is 0 Å². The van der Waals surface area contributed by atoms with Crippen molar-refractivity contribution in [3.8, 4) is 56.8 Å². The van der Waals surface area contributed by atoms with E-state index in [-0.39, 0.29) is 46.5 Å². The number of rotatable bonds is 7. The van der Waals surface area contributed by atoms with Crippen LogP contribution in [0, 0.1) is 0 Å². The van der Waals surface area contributed by atoms with Crippen molar-refractivity contribution in [2.45, 2.75) is 6.61 Å².